The van der Waals surface area contributed by atoms with Crippen LogP contribution in [-0.2, 0) is 6.61 Å². The number of nitrogens with zero attached hydrogens (tertiary/aromatic N) is 2. The van der Waals surface area contributed by atoms with Crippen LogP contribution in [0.4, 0.5) is 5.82 Å². The highest BCUT2D eigenvalue weighted by atomic mass is 35.5. The van der Waals surface area contributed by atoms with Crippen molar-refractivity contribution >= 4 is 23.1 Å². The number of para-hydroxylation sites is 1. The quantitative estimate of drug-likeness (QED) is 0.797. The van der Waals surface area contributed by atoms with E-state index in [2.05, 4.69) is 4.98 Å². The Kier molecular flexibility index (Phi) is 3.01. The first-order chi connectivity index (χ1) is 9.25. The van der Waals surface area contributed by atoms with Crippen LogP contribution in [0.15, 0.2) is 48.7 Å². The van der Waals surface area contributed by atoms with Crippen molar-refractivity contribution in [2.75, 3.05) is 5.73 Å². The summed E-state index contributed by atoms with van der Waals surface area (Å²) in [6.45, 7) is 0.360. The molecule has 3 aromatic rings. The predicted molar refractivity (Wildman–Crippen MR) is 75.4 cm³/mol. The summed E-state index contributed by atoms with van der Waals surface area (Å²) in [6, 6.07) is 13.0. The molecule has 2 heterocycles. The van der Waals surface area contributed by atoms with E-state index >= 15 is 0 Å². The SMILES string of the molecule is Nc1cccc2ncc(COc3ccccc3Cl)n12. The summed E-state index contributed by atoms with van der Waals surface area (Å²) in [5.41, 5.74) is 7.63. The maximum Gasteiger partial charge on any atom is 0.138 e. The third kappa shape index (κ3) is 2.22. The molecule has 3 rings (SSSR count). The molecule has 0 saturated carbocycles. The summed E-state index contributed by atoms with van der Waals surface area (Å²) < 4.78 is 7.55. The van der Waals surface area contributed by atoms with E-state index in [0.717, 1.165) is 11.3 Å². The second-order valence-corrected chi connectivity index (χ2v) is 4.52. The number of pyridine rings is 1. The van der Waals surface area contributed by atoms with E-state index in [1.807, 2.05) is 40.8 Å². The summed E-state index contributed by atoms with van der Waals surface area (Å²) >= 11 is 6.04. The van der Waals surface area contributed by atoms with Crippen LogP contribution in [0.1, 0.15) is 5.69 Å². The molecule has 0 amide bonds. The fraction of sp³-hybridized carbons (Fsp3) is 0.0714. The normalized spacial score (nSPS) is 10.8. The van der Waals surface area contributed by atoms with Crippen LogP contribution >= 0.6 is 11.6 Å². The average molecular weight is 274 g/mol. The van der Waals surface area contributed by atoms with Crippen molar-refractivity contribution in [2.24, 2.45) is 0 Å². The molecule has 0 aliphatic rings. The predicted octanol–water partition coefficient (Wildman–Crippen LogP) is 3.15. The molecule has 0 radical (unpaired) electrons. The van der Waals surface area contributed by atoms with Gasteiger partial charge in [0.25, 0.3) is 0 Å². The molecule has 4 nitrogen and oxygen atoms in total. The number of hydrogen-bond donors (Lipinski definition) is 1. The monoisotopic (exact) mass is 273 g/mol. The third-order valence-corrected chi connectivity index (χ3v) is 3.16. The van der Waals surface area contributed by atoms with Gasteiger partial charge < -0.3 is 10.5 Å². The van der Waals surface area contributed by atoms with E-state index in [4.69, 9.17) is 22.1 Å². The van der Waals surface area contributed by atoms with Crippen molar-refractivity contribution in [1.82, 2.24) is 9.38 Å². The molecule has 0 bridgehead atoms. The van der Waals surface area contributed by atoms with Gasteiger partial charge in [-0.3, -0.25) is 4.40 Å². The summed E-state index contributed by atoms with van der Waals surface area (Å²) in [7, 11) is 0. The molecular formula is C14H12ClN3O. The van der Waals surface area contributed by atoms with Gasteiger partial charge in [-0.1, -0.05) is 29.8 Å². The zero-order chi connectivity index (χ0) is 13.2. The van der Waals surface area contributed by atoms with Crippen LogP contribution in [0.5, 0.6) is 5.75 Å². The van der Waals surface area contributed by atoms with Gasteiger partial charge in [-0.25, -0.2) is 4.98 Å². The molecule has 2 N–H and O–H groups in total. The number of nitrogens with two attached hydrogens (primary N) is 1. The number of imidazole rings is 1. The Bertz CT molecular complexity index is 724. The Morgan fingerprint density at radius 3 is 2.84 bits per heavy atom. The molecule has 5 heteroatoms. The van der Waals surface area contributed by atoms with Crippen LogP contribution in [0.25, 0.3) is 5.65 Å². The lowest BCUT2D eigenvalue weighted by atomic mass is 10.3. The largest absolute Gasteiger partial charge is 0.486 e. The maximum atomic E-state index is 6.04. The summed E-state index contributed by atoms with van der Waals surface area (Å²) in [5, 5.41) is 0.587. The Labute approximate surface area is 115 Å². The molecule has 96 valence electrons. The average Bonchev–Trinajstić information content (AvgIpc) is 2.83. The van der Waals surface area contributed by atoms with Crippen molar-refractivity contribution in [3.8, 4) is 5.75 Å². The first kappa shape index (κ1) is 11.9. The van der Waals surface area contributed by atoms with E-state index in [1.54, 1.807) is 12.3 Å². The summed E-state index contributed by atoms with van der Waals surface area (Å²) in [6.07, 6.45) is 1.75. The number of ether oxygens (including phenoxy) is 1. The number of fused-ring (bicyclic) bond motifs is 1. The molecule has 0 saturated heterocycles. The number of halogens is 1. The number of hydrogen-bond acceptors (Lipinski definition) is 3. The smallest absolute Gasteiger partial charge is 0.138 e. The van der Waals surface area contributed by atoms with Crippen molar-refractivity contribution in [2.45, 2.75) is 6.61 Å². The minimum absolute atomic E-state index is 0.360. The Morgan fingerprint density at radius 1 is 1.16 bits per heavy atom. The highest BCUT2D eigenvalue weighted by Gasteiger charge is 2.07. The number of anilines is 1. The van der Waals surface area contributed by atoms with Crippen LogP contribution in [0.3, 0.4) is 0 Å². The molecule has 0 aliphatic carbocycles. The van der Waals surface area contributed by atoms with Crippen molar-refractivity contribution in [3.05, 3.63) is 59.4 Å². The molecule has 2 aromatic heterocycles. The zero-order valence-electron chi connectivity index (χ0n) is 10.1. The molecule has 0 atom stereocenters. The van der Waals surface area contributed by atoms with Gasteiger partial charge in [-0.2, -0.15) is 0 Å². The zero-order valence-corrected chi connectivity index (χ0v) is 10.8. The highest BCUT2D eigenvalue weighted by molar-refractivity contribution is 6.32. The Morgan fingerprint density at radius 2 is 2.00 bits per heavy atom. The van der Waals surface area contributed by atoms with Crippen molar-refractivity contribution in [1.29, 1.82) is 0 Å². The maximum absolute atomic E-state index is 6.04. The molecule has 0 unspecified atom stereocenters. The van der Waals surface area contributed by atoms with Crippen LogP contribution in [0.2, 0.25) is 5.02 Å². The first-order valence-electron chi connectivity index (χ1n) is 5.84. The molecule has 0 fully saturated rings. The van der Waals surface area contributed by atoms with Crippen molar-refractivity contribution < 1.29 is 4.74 Å². The van der Waals surface area contributed by atoms with Gasteiger partial charge >= 0.3 is 0 Å². The summed E-state index contributed by atoms with van der Waals surface area (Å²) in [4.78, 5) is 4.28. The molecule has 0 spiro atoms. The number of rotatable bonds is 3. The lowest BCUT2D eigenvalue weighted by Gasteiger charge is -2.08. The topological polar surface area (TPSA) is 52.5 Å². The number of benzene rings is 1. The second-order valence-electron chi connectivity index (χ2n) is 4.11. The van der Waals surface area contributed by atoms with E-state index in [-0.39, 0.29) is 0 Å². The lowest BCUT2D eigenvalue weighted by Crippen LogP contribution is -2.03. The van der Waals surface area contributed by atoms with Gasteiger partial charge in [0.15, 0.2) is 0 Å². The first-order valence-corrected chi connectivity index (χ1v) is 6.21. The second kappa shape index (κ2) is 4.82. The molecule has 19 heavy (non-hydrogen) atoms. The van der Waals surface area contributed by atoms with Crippen LogP contribution in [-0.4, -0.2) is 9.38 Å². The molecule has 1 aromatic carbocycles. The lowest BCUT2D eigenvalue weighted by molar-refractivity contribution is 0.300. The van der Waals surface area contributed by atoms with E-state index in [9.17, 15) is 0 Å². The minimum atomic E-state index is 0.360. The molecule has 0 aliphatic heterocycles. The number of nitrogen functional groups attached to an aromatic ring is 1. The van der Waals surface area contributed by atoms with Gasteiger partial charge in [0.05, 0.1) is 16.9 Å². The van der Waals surface area contributed by atoms with Gasteiger partial charge in [0, 0.05) is 0 Å². The van der Waals surface area contributed by atoms with Crippen molar-refractivity contribution in [3.63, 3.8) is 0 Å². The highest BCUT2D eigenvalue weighted by Crippen LogP contribution is 2.24. The van der Waals surface area contributed by atoms with Gasteiger partial charge in [0.2, 0.25) is 0 Å². The third-order valence-electron chi connectivity index (χ3n) is 2.84. The van der Waals surface area contributed by atoms with E-state index in [1.165, 1.54) is 0 Å². The van der Waals surface area contributed by atoms with Gasteiger partial charge in [-0.15, -0.1) is 0 Å². The minimum Gasteiger partial charge on any atom is -0.486 e. The standard InChI is InChI=1S/C14H12ClN3O/c15-11-4-1-2-5-12(11)19-9-10-8-17-14-7-3-6-13(16)18(10)14/h1-8H,9,16H2. The van der Waals surface area contributed by atoms with Crippen LogP contribution in [0, 0.1) is 0 Å². The van der Waals surface area contributed by atoms with E-state index in [0.29, 0.717) is 23.2 Å². The number of aromatic nitrogens is 2. The van der Waals surface area contributed by atoms with Gasteiger partial charge in [0.1, 0.15) is 23.8 Å². The van der Waals surface area contributed by atoms with Crippen LogP contribution < -0.4 is 10.5 Å². The fourth-order valence-electron chi connectivity index (χ4n) is 1.94. The summed E-state index contributed by atoms with van der Waals surface area (Å²) in [5.74, 6) is 1.28. The van der Waals surface area contributed by atoms with Gasteiger partial charge in [-0.05, 0) is 24.3 Å². The Hall–Kier alpha value is -2.20. The fourth-order valence-corrected chi connectivity index (χ4v) is 2.13. The Balaban J connectivity index is 1.89. The van der Waals surface area contributed by atoms with E-state index < -0.39 is 0 Å². The molecular weight excluding hydrogens is 262 g/mol.